The van der Waals surface area contributed by atoms with E-state index in [9.17, 15) is 0 Å². The molecule has 0 spiro atoms. The summed E-state index contributed by atoms with van der Waals surface area (Å²) >= 11 is 3.50. The summed E-state index contributed by atoms with van der Waals surface area (Å²) in [5.41, 5.74) is 3.56. The van der Waals surface area contributed by atoms with Crippen molar-refractivity contribution in [2.24, 2.45) is 0 Å². The van der Waals surface area contributed by atoms with Gasteiger partial charge in [0.15, 0.2) is 0 Å². The van der Waals surface area contributed by atoms with Gasteiger partial charge in [0.25, 0.3) is 0 Å². The highest BCUT2D eigenvalue weighted by Crippen LogP contribution is 2.20. The molecule has 1 N–H and O–H groups in total. The Bertz CT molecular complexity index is 532. The fraction of sp³-hybridized carbons (Fsp3) is 0.357. The second-order valence-corrected chi connectivity index (χ2v) is 5.59. The number of aromatic nitrogens is 2. The van der Waals surface area contributed by atoms with Crippen molar-refractivity contribution in [2.75, 3.05) is 5.32 Å². The maximum atomic E-state index is 4.33. The van der Waals surface area contributed by atoms with E-state index in [1.807, 2.05) is 10.9 Å². The molecule has 96 valence electrons. The van der Waals surface area contributed by atoms with Crippen LogP contribution in [0.3, 0.4) is 0 Å². The van der Waals surface area contributed by atoms with E-state index in [-0.39, 0.29) is 0 Å². The molecule has 0 fully saturated rings. The molecule has 0 aliphatic carbocycles. The number of anilines is 1. The Balaban J connectivity index is 2.00. The van der Waals surface area contributed by atoms with Crippen molar-refractivity contribution in [2.45, 2.75) is 33.4 Å². The Morgan fingerprint density at radius 1 is 1.39 bits per heavy atom. The highest BCUT2D eigenvalue weighted by Gasteiger charge is 2.02. The third kappa shape index (κ3) is 3.13. The van der Waals surface area contributed by atoms with E-state index in [2.05, 4.69) is 71.5 Å². The van der Waals surface area contributed by atoms with E-state index < -0.39 is 0 Å². The molecule has 2 aromatic rings. The molecule has 0 amide bonds. The predicted molar refractivity (Wildman–Crippen MR) is 78.8 cm³/mol. The van der Waals surface area contributed by atoms with Crippen LogP contribution in [0.5, 0.6) is 0 Å². The summed E-state index contributed by atoms with van der Waals surface area (Å²) in [6.07, 6.45) is 4.00. The minimum absolute atomic E-state index is 0.411. The highest BCUT2D eigenvalue weighted by molar-refractivity contribution is 9.10. The lowest BCUT2D eigenvalue weighted by molar-refractivity contribution is 0.532. The molecule has 1 aromatic carbocycles. The molecule has 0 unspecified atom stereocenters. The van der Waals surface area contributed by atoms with Gasteiger partial charge in [0, 0.05) is 34.5 Å². The zero-order valence-electron chi connectivity index (χ0n) is 10.9. The monoisotopic (exact) mass is 307 g/mol. The normalized spacial score (nSPS) is 10.9. The average molecular weight is 308 g/mol. The van der Waals surface area contributed by atoms with Gasteiger partial charge >= 0.3 is 0 Å². The number of nitrogens with one attached hydrogen (secondary N) is 1. The number of halogens is 1. The quantitative estimate of drug-likeness (QED) is 0.919. The van der Waals surface area contributed by atoms with Crippen LogP contribution >= 0.6 is 15.9 Å². The summed E-state index contributed by atoms with van der Waals surface area (Å²) in [4.78, 5) is 0. The molecule has 4 heteroatoms. The first-order chi connectivity index (χ1) is 8.56. The molecule has 1 aromatic heterocycles. The summed E-state index contributed by atoms with van der Waals surface area (Å²) < 4.78 is 3.12. The van der Waals surface area contributed by atoms with Crippen LogP contribution in [0, 0.1) is 6.92 Å². The molecular weight excluding hydrogens is 290 g/mol. The van der Waals surface area contributed by atoms with Crippen LogP contribution in [0.4, 0.5) is 5.69 Å². The second kappa shape index (κ2) is 5.57. The predicted octanol–water partition coefficient (Wildman–Crippen LogP) is 4.15. The molecule has 3 nitrogen and oxygen atoms in total. The third-order valence-corrected chi connectivity index (χ3v) is 3.73. The SMILES string of the molecule is Cc1cc(NCc2cnn(C(C)C)c2)ccc1Br. The van der Waals surface area contributed by atoms with Gasteiger partial charge in [-0.1, -0.05) is 15.9 Å². The molecule has 0 saturated heterocycles. The maximum Gasteiger partial charge on any atom is 0.0539 e. The fourth-order valence-corrected chi connectivity index (χ4v) is 1.96. The van der Waals surface area contributed by atoms with Crippen molar-refractivity contribution in [3.8, 4) is 0 Å². The summed E-state index contributed by atoms with van der Waals surface area (Å²) in [6, 6.07) is 6.68. The number of hydrogen-bond acceptors (Lipinski definition) is 2. The molecule has 18 heavy (non-hydrogen) atoms. The first-order valence-electron chi connectivity index (χ1n) is 6.09. The minimum Gasteiger partial charge on any atom is -0.381 e. The number of hydrogen-bond donors (Lipinski definition) is 1. The summed E-state index contributed by atoms with van der Waals surface area (Å²) in [7, 11) is 0. The summed E-state index contributed by atoms with van der Waals surface area (Å²) in [5.74, 6) is 0. The standard InChI is InChI=1S/C14H18BrN3/c1-10(2)18-9-12(8-17-18)7-16-13-4-5-14(15)11(3)6-13/h4-6,8-10,16H,7H2,1-3H3. The third-order valence-electron chi connectivity index (χ3n) is 2.84. The van der Waals surface area contributed by atoms with E-state index in [0.717, 1.165) is 16.7 Å². The van der Waals surface area contributed by atoms with E-state index in [1.165, 1.54) is 11.1 Å². The van der Waals surface area contributed by atoms with Crippen LogP contribution < -0.4 is 5.32 Å². The zero-order chi connectivity index (χ0) is 13.1. The van der Waals surface area contributed by atoms with Crippen molar-refractivity contribution in [1.29, 1.82) is 0 Å². The molecule has 0 aliphatic heterocycles. The average Bonchev–Trinajstić information content (AvgIpc) is 2.79. The molecule has 0 bridgehead atoms. The zero-order valence-corrected chi connectivity index (χ0v) is 12.5. The van der Waals surface area contributed by atoms with Gasteiger partial charge in [-0.15, -0.1) is 0 Å². The fourth-order valence-electron chi connectivity index (χ4n) is 1.71. The first kappa shape index (κ1) is 13.1. The van der Waals surface area contributed by atoms with Crippen molar-refractivity contribution in [3.05, 3.63) is 46.2 Å². The number of benzene rings is 1. The van der Waals surface area contributed by atoms with Crippen molar-refractivity contribution >= 4 is 21.6 Å². The molecule has 0 atom stereocenters. The van der Waals surface area contributed by atoms with Gasteiger partial charge in [-0.3, -0.25) is 4.68 Å². The van der Waals surface area contributed by atoms with Crippen LogP contribution in [0.2, 0.25) is 0 Å². The van der Waals surface area contributed by atoms with E-state index >= 15 is 0 Å². The Morgan fingerprint density at radius 3 is 2.78 bits per heavy atom. The topological polar surface area (TPSA) is 29.9 Å². The van der Waals surface area contributed by atoms with E-state index in [4.69, 9.17) is 0 Å². The van der Waals surface area contributed by atoms with Gasteiger partial charge in [-0.2, -0.15) is 5.10 Å². The van der Waals surface area contributed by atoms with Crippen LogP contribution in [0.15, 0.2) is 35.1 Å². The lowest BCUT2D eigenvalue weighted by Crippen LogP contribution is -2.01. The second-order valence-electron chi connectivity index (χ2n) is 4.74. The number of rotatable bonds is 4. The van der Waals surface area contributed by atoms with Crippen LogP contribution in [0.25, 0.3) is 0 Å². The highest BCUT2D eigenvalue weighted by atomic mass is 79.9. The molecule has 2 rings (SSSR count). The largest absolute Gasteiger partial charge is 0.381 e. The van der Waals surface area contributed by atoms with Gasteiger partial charge in [-0.25, -0.2) is 0 Å². The first-order valence-corrected chi connectivity index (χ1v) is 6.88. The van der Waals surface area contributed by atoms with E-state index in [1.54, 1.807) is 0 Å². The number of aryl methyl sites for hydroxylation is 1. The van der Waals surface area contributed by atoms with Gasteiger partial charge in [0.1, 0.15) is 0 Å². The lowest BCUT2D eigenvalue weighted by Gasteiger charge is -2.07. The minimum atomic E-state index is 0.411. The molecule has 0 saturated carbocycles. The van der Waals surface area contributed by atoms with Crippen LogP contribution in [0.1, 0.15) is 31.0 Å². The van der Waals surface area contributed by atoms with Gasteiger partial charge < -0.3 is 5.32 Å². The van der Waals surface area contributed by atoms with Gasteiger partial charge in [-0.05, 0) is 44.5 Å². The van der Waals surface area contributed by atoms with Crippen LogP contribution in [-0.2, 0) is 6.54 Å². The van der Waals surface area contributed by atoms with E-state index in [0.29, 0.717) is 6.04 Å². The van der Waals surface area contributed by atoms with Crippen molar-refractivity contribution in [1.82, 2.24) is 9.78 Å². The summed E-state index contributed by atoms with van der Waals surface area (Å²) in [6.45, 7) is 7.14. The Labute approximate surface area is 116 Å². The lowest BCUT2D eigenvalue weighted by atomic mass is 10.2. The molecule has 1 heterocycles. The van der Waals surface area contributed by atoms with Gasteiger partial charge in [0.05, 0.1) is 6.20 Å². The Hall–Kier alpha value is -1.29. The molecule has 0 radical (unpaired) electrons. The van der Waals surface area contributed by atoms with Crippen molar-refractivity contribution < 1.29 is 0 Å². The number of nitrogens with zero attached hydrogens (tertiary/aromatic N) is 2. The summed E-state index contributed by atoms with van der Waals surface area (Å²) in [5, 5.41) is 7.74. The smallest absolute Gasteiger partial charge is 0.0539 e. The maximum absolute atomic E-state index is 4.33. The Morgan fingerprint density at radius 2 is 2.17 bits per heavy atom. The van der Waals surface area contributed by atoms with Crippen LogP contribution in [-0.4, -0.2) is 9.78 Å². The molecular formula is C14H18BrN3. The Kier molecular flexibility index (Phi) is 4.07. The van der Waals surface area contributed by atoms with Gasteiger partial charge in [0.2, 0.25) is 0 Å². The molecule has 0 aliphatic rings. The van der Waals surface area contributed by atoms with Crippen molar-refractivity contribution in [3.63, 3.8) is 0 Å².